The summed E-state index contributed by atoms with van der Waals surface area (Å²) in [6.07, 6.45) is 0.637. The van der Waals surface area contributed by atoms with Gasteiger partial charge in [0, 0.05) is 0 Å². The summed E-state index contributed by atoms with van der Waals surface area (Å²) in [5.41, 5.74) is 6.66. The van der Waals surface area contributed by atoms with Gasteiger partial charge < -0.3 is 10.5 Å². The largest absolute Gasteiger partial charge is 0.497 e. The van der Waals surface area contributed by atoms with Gasteiger partial charge in [0.1, 0.15) is 11.4 Å². The summed E-state index contributed by atoms with van der Waals surface area (Å²) >= 11 is 0. The van der Waals surface area contributed by atoms with E-state index in [4.69, 9.17) is 10.5 Å². The molecule has 0 fully saturated rings. The highest BCUT2D eigenvalue weighted by molar-refractivity contribution is 5.49. The Hall–Kier alpha value is -1.42. The van der Waals surface area contributed by atoms with Crippen LogP contribution in [0.5, 0.6) is 5.75 Å². The second-order valence-electron chi connectivity index (χ2n) is 2.62. The molecule has 1 rings (SSSR count). The predicted molar refractivity (Wildman–Crippen MR) is 51.2 cm³/mol. The van der Waals surface area contributed by atoms with Crippen LogP contribution >= 0.6 is 0 Å². The van der Waals surface area contributed by atoms with Crippen LogP contribution in [0.1, 0.15) is 5.56 Å². The highest BCUT2D eigenvalue weighted by Gasteiger charge is 2.03. The summed E-state index contributed by atoms with van der Waals surface area (Å²) in [6.45, 7) is 0.496. The summed E-state index contributed by atoms with van der Waals surface area (Å²) in [4.78, 5) is 10.4. The number of hydrogen-bond acceptors (Lipinski definition) is 4. The molecular weight excluding hydrogens is 168 g/mol. The number of nitrogens with two attached hydrogens (primary N) is 1. The van der Waals surface area contributed by atoms with Crippen molar-refractivity contribution in [1.82, 2.24) is 0 Å². The summed E-state index contributed by atoms with van der Waals surface area (Å²) in [5.74, 6) is 0.718. The first-order chi connectivity index (χ1) is 6.31. The second-order valence-corrected chi connectivity index (χ2v) is 2.62. The first-order valence-electron chi connectivity index (χ1n) is 4.02. The van der Waals surface area contributed by atoms with E-state index in [9.17, 15) is 4.91 Å². The Kier molecular flexibility index (Phi) is 3.40. The molecule has 0 atom stereocenters. The van der Waals surface area contributed by atoms with E-state index >= 15 is 0 Å². The van der Waals surface area contributed by atoms with Crippen molar-refractivity contribution in [2.24, 2.45) is 10.9 Å². The number of ether oxygens (including phenoxy) is 1. The number of benzene rings is 1. The Labute approximate surface area is 76.7 Å². The molecule has 0 amide bonds. The number of nitroso groups, excluding NO2 is 1. The average Bonchev–Trinajstić information content (AvgIpc) is 2.18. The van der Waals surface area contributed by atoms with Crippen LogP contribution in [0.3, 0.4) is 0 Å². The first-order valence-corrected chi connectivity index (χ1v) is 4.02. The van der Waals surface area contributed by atoms with E-state index in [0.717, 1.165) is 11.3 Å². The molecule has 0 unspecified atom stereocenters. The van der Waals surface area contributed by atoms with Gasteiger partial charge in [0.15, 0.2) is 0 Å². The van der Waals surface area contributed by atoms with Crippen molar-refractivity contribution < 1.29 is 4.74 Å². The van der Waals surface area contributed by atoms with Gasteiger partial charge in [0.05, 0.1) is 7.11 Å². The standard InChI is InChI=1S/C9H12N2O2/c1-13-8-2-3-9(11-12)7(6-8)4-5-10/h2-3,6H,4-5,10H2,1H3. The molecule has 0 saturated carbocycles. The SMILES string of the molecule is COc1ccc(N=O)c(CCN)c1. The Bertz CT molecular complexity index is 300. The maximum absolute atomic E-state index is 10.4. The molecule has 4 heteroatoms. The molecule has 0 spiro atoms. The monoisotopic (exact) mass is 180 g/mol. The van der Waals surface area contributed by atoms with Gasteiger partial charge in [0.2, 0.25) is 0 Å². The van der Waals surface area contributed by atoms with Crippen LogP contribution in [-0.4, -0.2) is 13.7 Å². The fourth-order valence-electron chi connectivity index (χ4n) is 1.13. The topological polar surface area (TPSA) is 64.7 Å². The second kappa shape index (κ2) is 4.57. The molecule has 0 radical (unpaired) electrons. The maximum Gasteiger partial charge on any atom is 0.119 e. The fraction of sp³-hybridized carbons (Fsp3) is 0.333. The zero-order chi connectivity index (χ0) is 9.68. The van der Waals surface area contributed by atoms with E-state index in [2.05, 4.69) is 5.18 Å². The molecule has 4 nitrogen and oxygen atoms in total. The quantitative estimate of drug-likeness (QED) is 0.715. The van der Waals surface area contributed by atoms with E-state index in [1.807, 2.05) is 0 Å². The molecule has 0 aliphatic heterocycles. The third kappa shape index (κ3) is 2.26. The predicted octanol–water partition coefficient (Wildman–Crippen LogP) is 1.59. The van der Waals surface area contributed by atoms with Crippen LogP contribution in [-0.2, 0) is 6.42 Å². The van der Waals surface area contributed by atoms with Gasteiger partial charge in [-0.2, -0.15) is 0 Å². The van der Waals surface area contributed by atoms with Gasteiger partial charge >= 0.3 is 0 Å². The van der Waals surface area contributed by atoms with Crippen molar-refractivity contribution in [3.8, 4) is 5.75 Å². The highest BCUT2D eigenvalue weighted by atomic mass is 16.5. The minimum atomic E-state index is 0.436. The van der Waals surface area contributed by atoms with Crippen LogP contribution in [0, 0.1) is 4.91 Å². The van der Waals surface area contributed by atoms with Gasteiger partial charge in [-0.05, 0) is 41.9 Å². The fourth-order valence-corrected chi connectivity index (χ4v) is 1.13. The Morgan fingerprint density at radius 1 is 1.54 bits per heavy atom. The molecule has 0 aliphatic carbocycles. The van der Waals surface area contributed by atoms with Crippen LogP contribution in [0.15, 0.2) is 23.4 Å². The Balaban J connectivity index is 3.02. The number of hydrogen-bond donors (Lipinski definition) is 1. The van der Waals surface area contributed by atoms with Crippen molar-refractivity contribution in [1.29, 1.82) is 0 Å². The molecule has 0 saturated heterocycles. The third-order valence-corrected chi connectivity index (χ3v) is 1.80. The maximum atomic E-state index is 10.4. The average molecular weight is 180 g/mol. The zero-order valence-electron chi connectivity index (χ0n) is 7.49. The normalized spacial score (nSPS) is 9.69. The third-order valence-electron chi connectivity index (χ3n) is 1.80. The molecule has 70 valence electrons. The highest BCUT2D eigenvalue weighted by Crippen LogP contribution is 2.24. The molecule has 0 aliphatic rings. The van der Waals surface area contributed by atoms with Gasteiger partial charge in [-0.15, -0.1) is 4.91 Å². The van der Waals surface area contributed by atoms with E-state index in [1.54, 1.807) is 25.3 Å². The molecule has 1 aromatic rings. The lowest BCUT2D eigenvalue weighted by atomic mass is 10.1. The number of nitrogens with zero attached hydrogens (tertiary/aromatic N) is 1. The number of rotatable bonds is 4. The minimum Gasteiger partial charge on any atom is -0.497 e. The first kappa shape index (κ1) is 9.67. The minimum absolute atomic E-state index is 0.436. The van der Waals surface area contributed by atoms with Crippen molar-refractivity contribution in [2.75, 3.05) is 13.7 Å². The molecule has 1 aromatic carbocycles. The van der Waals surface area contributed by atoms with Crippen molar-refractivity contribution in [3.63, 3.8) is 0 Å². The summed E-state index contributed by atoms with van der Waals surface area (Å²) < 4.78 is 5.02. The molecule has 0 heterocycles. The lowest BCUT2D eigenvalue weighted by Crippen LogP contribution is -2.03. The molecule has 0 bridgehead atoms. The van der Waals surface area contributed by atoms with Crippen LogP contribution < -0.4 is 10.5 Å². The lowest BCUT2D eigenvalue weighted by Gasteiger charge is -2.04. The Morgan fingerprint density at radius 2 is 2.31 bits per heavy atom. The summed E-state index contributed by atoms with van der Waals surface area (Å²) in [7, 11) is 1.58. The van der Waals surface area contributed by atoms with Gasteiger partial charge in [0.25, 0.3) is 0 Å². The molecular formula is C9H12N2O2. The van der Waals surface area contributed by atoms with E-state index in [0.29, 0.717) is 18.7 Å². The van der Waals surface area contributed by atoms with Crippen LogP contribution in [0.25, 0.3) is 0 Å². The van der Waals surface area contributed by atoms with Gasteiger partial charge in [-0.1, -0.05) is 0 Å². The van der Waals surface area contributed by atoms with E-state index in [-0.39, 0.29) is 0 Å². The summed E-state index contributed by atoms with van der Waals surface area (Å²) in [5, 5.41) is 2.90. The zero-order valence-corrected chi connectivity index (χ0v) is 7.49. The van der Waals surface area contributed by atoms with Gasteiger partial charge in [-0.3, -0.25) is 0 Å². The van der Waals surface area contributed by atoms with Crippen molar-refractivity contribution in [2.45, 2.75) is 6.42 Å². The van der Waals surface area contributed by atoms with Crippen molar-refractivity contribution >= 4 is 5.69 Å². The molecule has 0 aromatic heterocycles. The lowest BCUT2D eigenvalue weighted by molar-refractivity contribution is 0.414. The van der Waals surface area contributed by atoms with E-state index in [1.165, 1.54) is 0 Å². The molecule has 13 heavy (non-hydrogen) atoms. The number of methoxy groups -OCH3 is 1. The van der Waals surface area contributed by atoms with E-state index < -0.39 is 0 Å². The van der Waals surface area contributed by atoms with Gasteiger partial charge in [-0.25, -0.2) is 0 Å². The van der Waals surface area contributed by atoms with Crippen molar-refractivity contribution in [3.05, 3.63) is 28.7 Å². The van der Waals surface area contributed by atoms with Crippen LogP contribution in [0.4, 0.5) is 5.69 Å². The van der Waals surface area contributed by atoms with Crippen LogP contribution in [0.2, 0.25) is 0 Å². The summed E-state index contributed by atoms with van der Waals surface area (Å²) in [6, 6.07) is 5.12. The molecule has 2 N–H and O–H groups in total. The smallest absolute Gasteiger partial charge is 0.119 e. The Morgan fingerprint density at radius 3 is 2.85 bits per heavy atom.